The molecule has 1 amide bonds. The summed E-state index contributed by atoms with van der Waals surface area (Å²) >= 11 is 0. The molecule has 0 aromatic carbocycles. The Kier molecular flexibility index (Phi) is 4.58. The van der Waals surface area contributed by atoms with Crippen LogP contribution < -0.4 is 0 Å². The highest BCUT2D eigenvalue weighted by molar-refractivity contribution is 5.93. The van der Waals surface area contributed by atoms with Crippen LogP contribution >= 0.6 is 0 Å². The number of carbonyl (C=O) groups is 1. The zero-order valence-electron chi connectivity index (χ0n) is 15.1. The first-order chi connectivity index (χ1) is 12.1. The summed E-state index contributed by atoms with van der Waals surface area (Å²) in [6, 6.07) is 0. The first-order valence-electron chi connectivity index (χ1n) is 9.64. The normalized spacial score (nSPS) is 27.0. The van der Waals surface area contributed by atoms with Crippen molar-refractivity contribution in [2.45, 2.75) is 39.0 Å². The van der Waals surface area contributed by atoms with E-state index in [1.807, 2.05) is 4.90 Å². The molecule has 1 atom stereocenters. The van der Waals surface area contributed by atoms with Crippen LogP contribution in [0.3, 0.4) is 0 Å². The highest BCUT2D eigenvalue weighted by Crippen LogP contribution is 2.46. The van der Waals surface area contributed by atoms with Gasteiger partial charge in [-0.05, 0) is 63.5 Å². The molecule has 2 aliphatic heterocycles. The lowest BCUT2D eigenvalue weighted by molar-refractivity contribution is -0.0359. The van der Waals surface area contributed by atoms with Crippen LogP contribution in [0.25, 0.3) is 0 Å². The molecule has 6 heteroatoms. The third kappa shape index (κ3) is 3.34. The predicted molar refractivity (Wildman–Crippen MR) is 93.2 cm³/mol. The van der Waals surface area contributed by atoms with Gasteiger partial charge in [0, 0.05) is 32.2 Å². The van der Waals surface area contributed by atoms with Gasteiger partial charge < -0.3 is 19.3 Å². The number of oxazole rings is 1. The third-order valence-corrected chi connectivity index (χ3v) is 6.71. The number of nitrogens with zero attached hydrogens (tertiary/aromatic N) is 3. The maximum atomic E-state index is 12.7. The molecule has 138 valence electrons. The summed E-state index contributed by atoms with van der Waals surface area (Å²) < 4.78 is 5.17. The van der Waals surface area contributed by atoms with E-state index in [1.165, 1.54) is 25.8 Å². The molecule has 1 spiro atoms. The molecule has 25 heavy (non-hydrogen) atoms. The van der Waals surface area contributed by atoms with Gasteiger partial charge in [0.15, 0.2) is 12.1 Å². The smallest absolute Gasteiger partial charge is 0.276 e. The van der Waals surface area contributed by atoms with Crippen LogP contribution in [0.2, 0.25) is 0 Å². The first kappa shape index (κ1) is 17.0. The van der Waals surface area contributed by atoms with Gasteiger partial charge in [0.1, 0.15) is 5.76 Å². The van der Waals surface area contributed by atoms with Crippen molar-refractivity contribution >= 4 is 5.91 Å². The Labute approximate surface area is 149 Å². The van der Waals surface area contributed by atoms with Crippen LogP contribution in [-0.2, 0) is 0 Å². The second kappa shape index (κ2) is 6.72. The maximum absolute atomic E-state index is 12.7. The molecule has 3 fully saturated rings. The minimum Gasteiger partial charge on any atom is -0.448 e. The van der Waals surface area contributed by atoms with E-state index in [9.17, 15) is 9.90 Å². The summed E-state index contributed by atoms with van der Waals surface area (Å²) in [5, 5.41) is 10.0. The highest BCUT2D eigenvalue weighted by Gasteiger charge is 2.46. The average Bonchev–Trinajstić information content (AvgIpc) is 3.35. The molecule has 1 unspecified atom stereocenters. The van der Waals surface area contributed by atoms with Crippen molar-refractivity contribution in [3.8, 4) is 0 Å². The molecule has 1 aromatic rings. The minimum atomic E-state index is -0.0641. The van der Waals surface area contributed by atoms with Crippen LogP contribution in [0.5, 0.6) is 0 Å². The van der Waals surface area contributed by atoms with Gasteiger partial charge in [-0.3, -0.25) is 4.79 Å². The Morgan fingerprint density at radius 1 is 1.32 bits per heavy atom. The monoisotopic (exact) mass is 347 g/mol. The summed E-state index contributed by atoms with van der Waals surface area (Å²) in [5.74, 6) is 1.61. The lowest BCUT2D eigenvalue weighted by atomic mass is 9.64. The fraction of sp³-hybridized carbons (Fsp3) is 0.789. The molecule has 2 saturated heterocycles. The fourth-order valence-electron chi connectivity index (χ4n) is 4.71. The van der Waals surface area contributed by atoms with Gasteiger partial charge in [0.25, 0.3) is 5.91 Å². The number of hydrogen-bond acceptors (Lipinski definition) is 5. The van der Waals surface area contributed by atoms with Crippen molar-refractivity contribution in [3.63, 3.8) is 0 Å². The molecule has 0 bridgehead atoms. The lowest BCUT2D eigenvalue weighted by Crippen LogP contribution is -2.54. The third-order valence-electron chi connectivity index (χ3n) is 6.71. The van der Waals surface area contributed by atoms with E-state index >= 15 is 0 Å². The Morgan fingerprint density at radius 2 is 2.04 bits per heavy atom. The van der Waals surface area contributed by atoms with E-state index in [0.717, 1.165) is 44.8 Å². The van der Waals surface area contributed by atoms with Gasteiger partial charge in [-0.15, -0.1) is 0 Å². The number of aliphatic hydroxyl groups excluding tert-OH is 1. The van der Waals surface area contributed by atoms with E-state index in [-0.39, 0.29) is 23.8 Å². The maximum Gasteiger partial charge on any atom is 0.276 e. The fourth-order valence-corrected chi connectivity index (χ4v) is 4.71. The molecule has 1 aromatic heterocycles. The van der Waals surface area contributed by atoms with Crippen LogP contribution in [-0.4, -0.2) is 65.1 Å². The zero-order valence-corrected chi connectivity index (χ0v) is 15.1. The predicted octanol–water partition coefficient (Wildman–Crippen LogP) is 1.93. The van der Waals surface area contributed by atoms with Gasteiger partial charge in [-0.1, -0.05) is 0 Å². The van der Waals surface area contributed by atoms with Crippen LogP contribution in [0.1, 0.15) is 48.4 Å². The van der Waals surface area contributed by atoms with Gasteiger partial charge >= 0.3 is 0 Å². The summed E-state index contributed by atoms with van der Waals surface area (Å²) in [6.45, 7) is 6.85. The summed E-state index contributed by atoms with van der Waals surface area (Å²) in [7, 11) is 0. The Morgan fingerprint density at radius 3 is 2.64 bits per heavy atom. The molecule has 1 aliphatic carbocycles. The van der Waals surface area contributed by atoms with Crippen molar-refractivity contribution in [2.75, 3.05) is 39.3 Å². The average molecular weight is 347 g/mol. The Bertz CT molecular complexity index is 617. The number of piperidine rings is 2. The van der Waals surface area contributed by atoms with E-state index < -0.39 is 0 Å². The van der Waals surface area contributed by atoms with E-state index in [4.69, 9.17) is 4.42 Å². The van der Waals surface area contributed by atoms with E-state index in [2.05, 4.69) is 9.88 Å². The first-order valence-corrected chi connectivity index (χ1v) is 9.64. The Balaban J connectivity index is 1.40. The van der Waals surface area contributed by atoms with Gasteiger partial charge in [-0.2, -0.15) is 0 Å². The number of amides is 1. The van der Waals surface area contributed by atoms with Crippen LogP contribution in [0.15, 0.2) is 10.8 Å². The summed E-state index contributed by atoms with van der Waals surface area (Å²) in [5.41, 5.74) is 0.608. The van der Waals surface area contributed by atoms with Crippen molar-refractivity contribution < 1.29 is 14.3 Å². The number of rotatable bonds is 4. The van der Waals surface area contributed by atoms with Gasteiger partial charge in [0.05, 0.1) is 0 Å². The van der Waals surface area contributed by atoms with Crippen molar-refractivity contribution in [1.29, 1.82) is 0 Å². The number of aryl methyl sites for hydroxylation is 1. The minimum absolute atomic E-state index is 0.0641. The molecular weight excluding hydrogens is 318 g/mol. The molecule has 3 heterocycles. The summed E-state index contributed by atoms with van der Waals surface area (Å²) in [6.07, 6.45) is 7.41. The van der Waals surface area contributed by atoms with E-state index in [1.54, 1.807) is 6.92 Å². The highest BCUT2D eigenvalue weighted by atomic mass is 16.3. The Hall–Kier alpha value is -1.40. The van der Waals surface area contributed by atoms with Gasteiger partial charge in [-0.25, -0.2) is 4.98 Å². The molecule has 4 rings (SSSR count). The molecule has 6 nitrogen and oxygen atoms in total. The molecule has 1 saturated carbocycles. The topological polar surface area (TPSA) is 69.8 Å². The number of likely N-dealkylation sites (tertiary alicyclic amines) is 2. The van der Waals surface area contributed by atoms with E-state index in [0.29, 0.717) is 18.0 Å². The van der Waals surface area contributed by atoms with Crippen LogP contribution in [0, 0.1) is 24.2 Å². The molecular formula is C19H29N3O3. The van der Waals surface area contributed by atoms with Crippen molar-refractivity contribution in [3.05, 3.63) is 17.8 Å². The SMILES string of the molecule is Cc1ocnc1C(=O)N1CCC2(CCN(CC3CC3)CC2)C(CO)C1. The standard InChI is InChI=1S/C19H29N3O3/c1-14-17(20-13-25-14)18(24)22-9-6-19(16(11-22)12-23)4-7-21(8-5-19)10-15-2-3-15/h13,15-16,23H,2-12H2,1H3. The van der Waals surface area contributed by atoms with Crippen LogP contribution in [0.4, 0.5) is 0 Å². The second-order valence-electron chi connectivity index (χ2n) is 8.24. The number of aromatic nitrogens is 1. The lowest BCUT2D eigenvalue weighted by Gasteiger charge is -2.51. The quantitative estimate of drug-likeness (QED) is 0.901. The number of hydrogen-bond donors (Lipinski definition) is 1. The summed E-state index contributed by atoms with van der Waals surface area (Å²) in [4.78, 5) is 21.2. The second-order valence-corrected chi connectivity index (χ2v) is 8.24. The molecule has 3 aliphatic rings. The molecule has 1 N–H and O–H groups in total. The number of carbonyl (C=O) groups excluding carboxylic acids is 1. The number of aliphatic hydroxyl groups is 1. The largest absolute Gasteiger partial charge is 0.448 e. The van der Waals surface area contributed by atoms with Crippen molar-refractivity contribution in [1.82, 2.24) is 14.8 Å². The van der Waals surface area contributed by atoms with Crippen molar-refractivity contribution in [2.24, 2.45) is 17.3 Å². The molecule has 0 radical (unpaired) electrons. The van der Waals surface area contributed by atoms with Gasteiger partial charge in [0.2, 0.25) is 0 Å². The zero-order chi connectivity index (χ0) is 17.4.